The van der Waals surface area contributed by atoms with Crippen LogP contribution in [-0.2, 0) is 4.79 Å². The lowest BCUT2D eigenvalue weighted by atomic mass is 10.1. The fourth-order valence-electron chi connectivity index (χ4n) is 1.63. The summed E-state index contributed by atoms with van der Waals surface area (Å²) in [5.74, 6) is -0.0668. The van der Waals surface area contributed by atoms with Crippen molar-refractivity contribution >= 4 is 32.6 Å². The van der Waals surface area contributed by atoms with Gasteiger partial charge in [0.15, 0.2) is 5.13 Å². The molecule has 0 aliphatic carbocycles. The number of aryl methyl sites for hydroxylation is 1. The van der Waals surface area contributed by atoms with Gasteiger partial charge in [0.2, 0.25) is 5.91 Å². The monoisotopic (exact) mass is 263 g/mol. The molecule has 0 aliphatic heterocycles. The van der Waals surface area contributed by atoms with Gasteiger partial charge in [-0.1, -0.05) is 37.3 Å². The molecule has 0 fully saturated rings. The summed E-state index contributed by atoms with van der Waals surface area (Å²) in [5.41, 5.74) is 7.85. The summed E-state index contributed by atoms with van der Waals surface area (Å²) < 4.78 is 1.07. The van der Waals surface area contributed by atoms with Gasteiger partial charge in [-0.25, -0.2) is 4.98 Å². The lowest BCUT2D eigenvalue weighted by molar-refractivity contribution is -0.118. The minimum absolute atomic E-state index is 0.112. The highest BCUT2D eigenvalue weighted by Crippen LogP contribution is 2.27. The fraction of sp³-hybridized carbons (Fsp3) is 0.385. The quantitative estimate of drug-likeness (QED) is 0.894. The van der Waals surface area contributed by atoms with E-state index in [0.717, 1.165) is 15.8 Å². The summed E-state index contributed by atoms with van der Waals surface area (Å²) in [4.78, 5) is 16.3. The third-order valence-electron chi connectivity index (χ3n) is 2.87. The predicted octanol–water partition coefficient (Wildman–Crippen LogP) is 2.53. The number of fused-ring (bicyclic) bond motifs is 1. The first kappa shape index (κ1) is 13.0. The molecule has 2 rings (SSSR count). The highest BCUT2D eigenvalue weighted by molar-refractivity contribution is 7.22. The summed E-state index contributed by atoms with van der Waals surface area (Å²) in [6.07, 6.45) is 0. The summed E-state index contributed by atoms with van der Waals surface area (Å²) >= 11 is 1.47. The molecule has 4 nitrogen and oxygen atoms in total. The van der Waals surface area contributed by atoms with Crippen LogP contribution in [0.3, 0.4) is 0 Å². The molecule has 0 bridgehead atoms. The van der Waals surface area contributed by atoms with Crippen LogP contribution in [-0.4, -0.2) is 16.9 Å². The fourth-order valence-corrected chi connectivity index (χ4v) is 2.58. The van der Waals surface area contributed by atoms with Gasteiger partial charge in [-0.3, -0.25) is 4.79 Å². The van der Waals surface area contributed by atoms with E-state index >= 15 is 0 Å². The zero-order valence-electron chi connectivity index (χ0n) is 10.7. The average molecular weight is 263 g/mol. The number of carbonyl (C=O) groups excluding carboxylic acids is 1. The topological polar surface area (TPSA) is 68.0 Å². The number of benzene rings is 1. The van der Waals surface area contributed by atoms with Crippen molar-refractivity contribution in [3.63, 3.8) is 0 Å². The normalized spacial score (nSPS) is 12.9. The molecular formula is C13H17N3OS. The molecule has 1 atom stereocenters. The van der Waals surface area contributed by atoms with Crippen molar-refractivity contribution in [1.29, 1.82) is 0 Å². The minimum atomic E-state index is -0.502. The van der Waals surface area contributed by atoms with Crippen molar-refractivity contribution in [3.05, 3.63) is 23.8 Å². The summed E-state index contributed by atoms with van der Waals surface area (Å²) in [6.45, 7) is 5.85. The van der Waals surface area contributed by atoms with Crippen molar-refractivity contribution in [3.8, 4) is 0 Å². The van der Waals surface area contributed by atoms with Crippen LogP contribution in [0.15, 0.2) is 18.2 Å². The maximum absolute atomic E-state index is 11.8. The van der Waals surface area contributed by atoms with E-state index in [-0.39, 0.29) is 11.8 Å². The van der Waals surface area contributed by atoms with Crippen LogP contribution in [0.1, 0.15) is 19.4 Å². The van der Waals surface area contributed by atoms with Crippen molar-refractivity contribution in [2.24, 2.45) is 11.7 Å². The lowest BCUT2D eigenvalue weighted by Gasteiger charge is -2.13. The molecule has 5 heteroatoms. The molecule has 1 unspecified atom stereocenters. The first-order valence-corrected chi connectivity index (χ1v) is 6.73. The number of para-hydroxylation sites is 1. The third-order valence-corrected chi connectivity index (χ3v) is 3.81. The van der Waals surface area contributed by atoms with Crippen LogP contribution in [0.4, 0.5) is 5.13 Å². The molecule has 0 radical (unpaired) electrons. The molecule has 0 spiro atoms. The molecular weight excluding hydrogens is 246 g/mol. The Morgan fingerprint density at radius 1 is 1.44 bits per heavy atom. The Morgan fingerprint density at radius 2 is 2.17 bits per heavy atom. The number of nitrogens with two attached hydrogens (primary N) is 1. The van der Waals surface area contributed by atoms with E-state index in [0.29, 0.717) is 5.13 Å². The van der Waals surface area contributed by atoms with Crippen LogP contribution in [0.5, 0.6) is 0 Å². The highest BCUT2D eigenvalue weighted by Gasteiger charge is 2.18. The number of rotatable bonds is 3. The Hall–Kier alpha value is -1.46. The molecule has 1 aromatic carbocycles. The second kappa shape index (κ2) is 5.04. The molecule has 0 saturated carbocycles. The molecule has 96 valence electrons. The summed E-state index contributed by atoms with van der Waals surface area (Å²) in [6, 6.07) is 5.49. The number of hydrogen-bond donors (Lipinski definition) is 2. The first-order valence-electron chi connectivity index (χ1n) is 5.91. The second-order valence-corrected chi connectivity index (χ2v) is 5.73. The number of nitrogens with one attached hydrogen (secondary N) is 1. The Balaban J connectivity index is 2.23. The summed E-state index contributed by atoms with van der Waals surface area (Å²) in [7, 11) is 0. The van der Waals surface area contributed by atoms with Crippen LogP contribution >= 0.6 is 11.3 Å². The predicted molar refractivity (Wildman–Crippen MR) is 75.8 cm³/mol. The van der Waals surface area contributed by atoms with E-state index in [9.17, 15) is 4.79 Å². The van der Waals surface area contributed by atoms with Crippen molar-refractivity contribution in [2.75, 3.05) is 5.32 Å². The van der Waals surface area contributed by atoms with Gasteiger partial charge in [-0.15, -0.1) is 0 Å². The van der Waals surface area contributed by atoms with Crippen molar-refractivity contribution in [2.45, 2.75) is 26.8 Å². The van der Waals surface area contributed by atoms with Crippen LogP contribution in [0.2, 0.25) is 0 Å². The standard InChI is InChI=1S/C13H17N3OS/c1-7(2)10(14)12(17)16-13-15-11-8(3)5-4-6-9(11)18-13/h4-7,10H,14H2,1-3H3,(H,15,16,17). The van der Waals surface area contributed by atoms with Crippen molar-refractivity contribution in [1.82, 2.24) is 4.98 Å². The van der Waals surface area contributed by atoms with Crippen molar-refractivity contribution < 1.29 is 4.79 Å². The number of nitrogens with zero attached hydrogens (tertiary/aromatic N) is 1. The van der Waals surface area contributed by atoms with E-state index in [1.165, 1.54) is 11.3 Å². The average Bonchev–Trinajstić information content (AvgIpc) is 2.71. The van der Waals surface area contributed by atoms with Gasteiger partial charge in [0.25, 0.3) is 0 Å². The van der Waals surface area contributed by atoms with E-state index in [2.05, 4.69) is 10.3 Å². The molecule has 3 N–H and O–H groups in total. The molecule has 2 aromatic rings. The molecule has 18 heavy (non-hydrogen) atoms. The maximum atomic E-state index is 11.8. The van der Waals surface area contributed by atoms with Gasteiger partial charge in [-0.05, 0) is 24.5 Å². The number of hydrogen-bond acceptors (Lipinski definition) is 4. The summed E-state index contributed by atoms with van der Waals surface area (Å²) in [5, 5.41) is 3.39. The Labute approximate surface area is 110 Å². The smallest absolute Gasteiger partial charge is 0.243 e. The van der Waals surface area contributed by atoms with Gasteiger partial charge < -0.3 is 11.1 Å². The third kappa shape index (κ3) is 2.52. The van der Waals surface area contributed by atoms with Crippen LogP contribution < -0.4 is 11.1 Å². The maximum Gasteiger partial charge on any atom is 0.243 e. The number of anilines is 1. The zero-order valence-corrected chi connectivity index (χ0v) is 11.5. The largest absolute Gasteiger partial charge is 0.320 e. The Kier molecular flexibility index (Phi) is 3.63. The Morgan fingerprint density at radius 3 is 2.78 bits per heavy atom. The number of amides is 1. The molecule has 0 saturated heterocycles. The number of carbonyl (C=O) groups is 1. The van der Waals surface area contributed by atoms with E-state index in [4.69, 9.17) is 5.73 Å². The van der Waals surface area contributed by atoms with E-state index in [1.54, 1.807) is 0 Å². The van der Waals surface area contributed by atoms with Crippen LogP contribution in [0.25, 0.3) is 10.2 Å². The van der Waals surface area contributed by atoms with Gasteiger partial charge in [-0.2, -0.15) is 0 Å². The first-order chi connectivity index (χ1) is 8.49. The lowest BCUT2D eigenvalue weighted by Crippen LogP contribution is -2.39. The molecule has 1 heterocycles. The van der Waals surface area contributed by atoms with Gasteiger partial charge >= 0.3 is 0 Å². The van der Waals surface area contributed by atoms with Gasteiger partial charge in [0, 0.05) is 0 Å². The molecule has 1 aromatic heterocycles. The Bertz CT molecular complexity index is 577. The molecule has 0 aliphatic rings. The van der Waals surface area contributed by atoms with E-state index in [1.807, 2.05) is 39.0 Å². The zero-order chi connectivity index (χ0) is 13.3. The minimum Gasteiger partial charge on any atom is -0.320 e. The van der Waals surface area contributed by atoms with Gasteiger partial charge in [0.1, 0.15) is 0 Å². The van der Waals surface area contributed by atoms with Gasteiger partial charge in [0.05, 0.1) is 16.3 Å². The SMILES string of the molecule is Cc1cccc2sc(NC(=O)C(N)C(C)C)nc12. The van der Waals surface area contributed by atoms with E-state index < -0.39 is 6.04 Å². The highest BCUT2D eigenvalue weighted by atomic mass is 32.1. The second-order valence-electron chi connectivity index (χ2n) is 4.70. The number of aromatic nitrogens is 1. The van der Waals surface area contributed by atoms with Crippen LogP contribution in [0, 0.1) is 12.8 Å². The molecule has 1 amide bonds. The number of thiazole rings is 1.